The van der Waals surface area contributed by atoms with Gasteiger partial charge in [0.25, 0.3) is 10.0 Å². The normalized spacial score (nSPS) is 12.4. The molecule has 1 amide bonds. The lowest BCUT2D eigenvalue weighted by Crippen LogP contribution is -2.27. The molecule has 0 spiro atoms. The van der Waals surface area contributed by atoms with Crippen molar-refractivity contribution in [2.24, 2.45) is 0 Å². The molecule has 1 aromatic heterocycles. The molecule has 1 aromatic rings. The van der Waals surface area contributed by atoms with Gasteiger partial charge in [-0.3, -0.25) is 9.32 Å². The highest BCUT2D eigenvalue weighted by molar-refractivity contribution is 7.91. The second-order valence-corrected chi connectivity index (χ2v) is 8.00. The minimum Gasteiger partial charge on any atom is -0.303 e. The van der Waals surface area contributed by atoms with E-state index in [-0.39, 0.29) is 27.5 Å². The summed E-state index contributed by atoms with van der Waals surface area (Å²) in [6.45, 7) is 1.92. The molecule has 10 nitrogen and oxygen atoms in total. The number of carbonyl (C=O) groups is 1. The van der Waals surface area contributed by atoms with Gasteiger partial charge in [-0.1, -0.05) is 11.3 Å². The molecule has 21 heavy (non-hydrogen) atoms. The molecule has 0 unspecified atom stereocenters. The summed E-state index contributed by atoms with van der Waals surface area (Å²) in [4.78, 5) is 31.7. The Hall–Kier alpha value is -0.880. The summed E-state index contributed by atoms with van der Waals surface area (Å²) in [6, 6.07) is 0. The highest BCUT2D eigenvalue weighted by Gasteiger charge is 2.22. The van der Waals surface area contributed by atoms with Crippen molar-refractivity contribution in [3.63, 3.8) is 0 Å². The van der Waals surface area contributed by atoms with Crippen molar-refractivity contribution in [2.45, 2.75) is 18.1 Å². The van der Waals surface area contributed by atoms with E-state index in [2.05, 4.69) is 19.5 Å². The number of nitrogens with one attached hydrogen (secondary N) is 2. The van der Waals surface area contributed by atoms with Crippen LogP contribution >= 0.6 is 19.2 Å². The second-order valence-electron chi connectivity index (χ2n) is 3.79. The summed E-state index contributed by atoms with van der Waals surface area (Å²) in [5, 5.41) is 2.52. The first kappa shape index (κ1) is 18.2. The zero-order chi connectivity index (χ0) is 16.3. The molecule has 0 bridgehead atoms. The van der Waals surface area contributed by atoms with Gasteiger partial charge in [-0.05, 0) is 6.92 Å². The van der Waals surface area contributed by atoms with E-state index in [1.807, 2.05) is 0 Å². The molecule has 1 rings (SSSR count). The number of nitrogens with zero attached hydrogens (tertiary/aromatic N) is 1. The van der Waals surface area contributed by atoms with Gasteiger partial charge >= 0.3 is 7.82 Å². The van der Waals surface area contributed by atoms with Crippen LogP contribution in [0.5, 0.6) is 0 Å². The topological polar surface area (TPSA) is 155 Å². The van der Waals surface area contributed by atoms with E-state index >= 15 is 0 Å². The van der Waals surface area contributed by atoms with Crippen LogP contribution in [0.15, 0.2) is 4.21 Å². The van der Waals surface area contributed by atoms with Crippen LogP contribution in [-0.4, -0.2) is 42.2 Å². The average molecular weight is 359 g/mol. The lowest BCUT2D eigenvalue weighted by Gasteiger charge is -2.06. The van der Waals surface area contributed by atoms with Crippen molar-refractivity contribution < 1.29 is 32.1 Å². The number of aromatic nitrogens is 1. The maximum absolute atomic E-state index is 12.0. The maximum atomic E-state index is 12.0. The standard InChI is InChI=1S/C8H14N3O7PS2/c1-5-7(20-8(10-5)11-6(2)12)21(16,17)9-3-4-18-19(13,14)15/h9H,3-4H2,1-2H3,(H,10,11,12)(H2,13,14,15). The van der Waals surface area contributed by atoms with Crippen molar-refractivity contribution in [3.8, 4) is 0 Å². The van der Waals surface area contributed by atoms with Gasteiger partial charge in [-0.15, -0.1) is 0 Å². The van der Waals surface area contributed by atoms with Crippen molar-refractivity contribution >= 4 is 40.2 Å². The first-order valence-corrected chi connectivity index (χ1v) is 9.29. The molecule has 0 saturated carbocycles. The first-order valence-electron chi connectivity index (χ1n) is 5.46. The molecular formula is C8H14N3O7PS2. The Labute approximate surface area is 124 Å². The molecular weight excluding hydrogens is 345 g/mol. The number of thiazole rings is 1. The number of hydrogen-bond donors (Lipinski definition) is 4. The van der Waals surface area contributed by atoms with Gasteiger partial charge in [0.1, 0.15) is 0 Å². The van der Waals surface area contributed by atoms with Crippen LogP contribution in [-0.2, 0) is 23.9 Å². The largest absolute Gasteiger partial charge is 0.469 e. The zero-order valence-corrected chi connectivity index (χ0v) is 13.6. The van der Waals surface area contributed by atoms with Crippen LogP contribution < -0.4 is 10.0 Å². The zero-order valence-electron chi connectivity index (χ0n) is 11.1. The summed E-state index contributed by atoms with van der Waals surface area (Å²) in [7, 11) is -8.53. The molecule has 0 radical (unpaired) electrons. The molecule has 4 N–H and O–H groups in total. The van der Waals surface area contributed by atoms with Crippen LogP contribution in [0.2, 0.25) is 0 Å². The summed E-state index contributed by atoms with van der Waals surface area (Å²) in [6.07, 6.45) is 0. The van der Waals surface area contributed by atoms with Gasteiger partial charge < -0.3 is 15.1 Å². The van der Waals surface area contributed by atoms with E-state index in [9.17, 15) is 17.8 Å². The average Bonchev–Trinajstić information content (AvgIpc) is 2.64. The smallest absolute Gasteiger partial charge is 0.303 e. The maximum Gasteiger partial charge on any atom is 0.469 e. The Bertz CT molecular complexity index is 665. The fourth-order valence-corrected chi connectivity index (χ4v) is 4.09. The molecule has 0 aliphatic heterocycles. The number of anilines is 1. The van der Waals surface area contributed by atoms with Crippen LogP contribution in [0.3, 0.4) is 0 Å². The molecule has 13 heteroatoms. The number of phosphoric acid groups is 1. The van der Waals surface area contributed by atoms with Gasteiger partial charge in [0.15, 0.2) is 9.34 Å². The molecule has 0 fully saturated rings. The third kappa shape index (κ3) is 6.18. The summed E-state index contributed by atoms with van der Waals surface area (Å²) in [5.41, 5.74) is 0.201. The highest BCUT2D eigenvalue weighted by Crippen LogP contribution is 2.35. The van der Waals surface area contributed by atoms with E-state index in [0.29, 0.717) is 0 Å². The van der Waals surface area contributed by atoms with E-state index < -0.39 is 24.5 Å². The second kappa shape index (κ2) is 6.92. The molecule has 0 atom stereocenters. The molecule has 0 aromatic carbocycles. The fraction of sp³-hybridized carbons (Fsp3) is 0.500. The van der Waals surface area contributed by atoms with Crippen LogP contribution in [0.25, 0.3) is 0 Å². The number of amides is 1. The molecule has 0 aliphatic carbocycles. The van der Waals surface area contributed by atoms with Crippen LogP contribution in [0, 0.1) is 6.92 Å². The SMILES string of the molecule is CC(=O)Nc1nc(C)c(S(=O)(=O)NCCOP(=O)(O)O)s1. The van der Waals surface area contributed by atoms with Gasteiger partial charge in [0, 0.05) is 13.5 Å². The Morgan fingerprint density at radius 3 is 2.62 bits per heavy atom. The fourth-order valence-electron chi connectivity index (χ4n) is 1.24. The van der Waals surface area contributed by atoms with Crippen molar-refractivity contribution in [1.82, 2.24) is 9.71 Å². The van der Waals surface area contributed by atoms with Gasteiger partial charge in [-0.25, -0.2) is 22.7 Å². The van der Waals surface area contributed by atoms with Crippen LogP contribution in [0.4, 0.5) is 5.13 Å². The molecule has 1 heterocycles. The molecule has 0 aliphatic rings. The molecule has 0 saturated heterocycles. The van der Waals surface area contributed by atoms with Gasteiger partial charge in [0.05, 0.1) is 12.3 Å². The Morgan fingerprint density at radius 1 is 1.48 bits per heavy atom. The van der Waals surface area contributed by atoms with E-state index in [0.717, 1.165) is 11.3 Å². The minimum absolute atomic E-state index is 0.0950. The Kier molecular flexibility index (Phi) is 5.99. The van der Waals surface area contributed by atoms with Crippen molar-refractivity contribution in [3.05, 3.63) is 5.69 Å². The van der Waals surface area contributed by atoms with Crippen LogP contribution in [0.1, 0.15) is 12.6 Å². The highest BCUT2D eigenvalue weighted by atomic mass is 32.2. The molecule has 120 valence electrons. The van der Waals surface area contributed by atoms with Crippen molar-refractivity contribution in [2.75, 3.05) is 18.5 Å². The third-order valence-electron chi connectivity index (χ3n) is 1.93. The lowest BCUT2D eigenvalue weighted by atomic mass is 10.6. The van der Waals surface area contributed by atoms with Gasteiger partial charge in [0.2, 0.25) is 5.91 Å². The minimum atomic E-state index is -4.63. The number of carbonyl (C=O) groups excluding carboxylic acids is 1. The quantitative estimate of drug-likeness (QED) is 0.385. The summed E-state index contributed by atoms with van der Waals surface area (Å²) in [5.74, 6) is -0.379. The van der Waals surface area contributed by atoms with E-state index in [4.69, 9.17) is 9.79 Å². The van der Waals surface area contributed by atoms with E-state index in [1.54, 1.807) is 0 Å². The number of aryl methyl sites for hydroxylation is 1. The van der Waals surface area contributed by atoms with E-state index in [1.165, 1.54) is 13.8 Å². The number of rotatable bonds is 7. The summed E-state index contributed by atoms with van der Waals surface area (Å²) < 4.78 is 40.5. The van der Waals surface area contributed by atoms with Gasteiger partial charge in [-0.2, -0.15) is 0 Å². The lowest BCUT2D eigenvalue weighted by molar-refractivity contribution is -0.114. The monoisotopic (exact) mass is 359 g/mol. The number of phosphoric ester groups is 1. The first-order chi connectivity index (χ1) is 9.51. The van der Waals surface area contributed by atoms with Crippen molar-refractivity contribution in [1.29, 1.82) is 0 Å². The summed E-state index contributed by atoms with van der Waals surface area (Å²) >= 11 is 0.770. The predicted octanol–water partition coefficient (Wildman–Crippen LogP) is -0.202. The Balaban J connectivity index is 2.72. The number of sulfonamides is 1. The predicted molar refractivity (Wildman–Crippen MR) is 74.3 cm³/mol. The third-order valence-corrected chi connectivity index (χ3v) is 5.60. The Morgan fingerprint density at radius 2 is 2.10 bits per heavy atom. The number of hydrogen-bond acceptors (Lipinski definition) is 7.